The van der Waals surface area contributed by atoms with Crippen LogP contribution in [-0.2, 0) is 14.4 Å². The Morgan fingerprint density at radius 3 is 1.95 bits per heavy atom. The molecule has 4 amide bonds. The van der Waals surface area contributed by atoms with Crippen LogP contribution in [0.1, 0.15) is 30.9 Å². The van der Waals surface area contributed by atoms with Gasteiger partial charge in [-0.15, -0.1) is 0 Å². The van der Waals surface area contributed by atoms with Crippen molar-refractivity contribution in [2.24, 2.45) is 0 Å². The zero-order valence-electron chi connectivity index (χ0n) is 20.6. The maximum atomic E-state index is 12.4. The maximum absolute atomic E-state index is 12.4. The number of benzene rings is 3. The van der Waals surface area contributed by atoms with Crippen LogP contribution in [0, 0.1) is 0 Å². The normalized spacial score (nSPS) is 11.1. The van der Waals surface area contributed by atoms with E-state index in [1.807, 2.05) is 6.07 Å². The molecule has 3 rings (SSSR count). The van der Waals surface area contributed by atoms with Gasteiger partial charge in [-0.1, -0.05) is 24.3 Å². The van der Waals surface area contributed by atoms with E-state index in [2.05, 4.69) is 21.3 Å². The number of carbonyl (C=O) groups excluding carboxylic acids is 3. The molecule has 1 atom stereocenters. The number of hydrogen-bond donors (Lipinski definition) is 6. The van der Waals surface area contributed by atoms with Gasteiger partial charge in [0.05, 0.1) is 19.6 Å². The summed E-state index contributed by atoms with van der Waals surface area (Å²) in [6.07, 6.45) is -0.726. The van der Waals surface area contributed by atoms with Crippen LogP contribution in [0.25, 0.3) is 0 Å². The molecular formula is C27H28N4O7. The highest BCUT2D eigenvalue weighted by Gasteiger charge is 2.20. The molecule has 1 unspecified atom stereocenters. The lowest BCUT2D eigenvalue weighted by atomic mass is 10.0. The van der Waals surface area contributed by atoms with Crippen LogP contribution < -0.4 is 26.0 Å². The van der Waals surface area contributed by atoms with E-state index in [4.69, 9.17) is 4.74 Å². The number of urea groups is 1. The molecule has 11 heteroatoms. The summed E-state index contributed by atoms with van der Waals surface area (Å²) in [5.41, 5.74) is 2.02. The van der Waals surface area contributed by atoms with Crippen LogP contribution in [0.4, 0.5) is 21.9 Å². The first-order valence-electron chi connectivity index (χ1n) is 11.6. The third kappa shape index (κ3) is 8.55. The van der Waals surface area contributed by atoms with Crippen molar-refractivity contribution < 1.29 is 34.1 Å². The van der Waals surface area contributed by atoms with Crippen molar-refractivity contribution in [1.29, 1.82) is 0 Å². The van der Waals surface area contributed by atoms with Crippen molar-refractivity contribution >= 4 is 40.9 Å². The molecule has 0 aromatic heterocycles. The smallest absolute Gasteiger partial charge is 0.323 e. The van der Waals surface area contributed by atoms with Crippen molar-refractivity contribution in [2.75, 3.05) is 23.1 Å². The summed E-state index contributed by atoms with van der Waals surface area (Å²) < 4.78 is 4.98. The number of carbonyl (C=O) groups is 4. The molecular weight excluding hydrogens is 492 g/mol. The van der Waals surface area contributed by atoms with Crippen LogP contribution in [0.15, 0.2) is 72.8 Å². The van der Waals surface area contributed by atoms with E-state index in [0.29, 0.717) is 22.6 Å². The van der Waals surface area contributed by atoms with Gasteiger partial charge < -0.3 is 36.2 Å². The number of para-hydroxylation sites is 1. The van der Waals surface area contributed by atoms with Gasteiger partial charge in [0.15, 0.2) is 11.5 Å². The first-order chi connectivity index (χ1) is 18.2. The fourth-order valence-corrected chi connectivity index (χ4v) is 3.52. The monoisotopic (exact) mass is 520 g/mol. The standard InChI is InChI=1S/C27H28N4O7/c1-38-23-12-7-17(15-22(23)32)21(16-26(35)36)31-25(34)14-13-24(33)28-19-8-10-20(11-9-19)30-27(37)29-18-5-3-2-4-6-18/h2-12,15,21,32H,13-14,16H2,1H3,(H,28,33)(H,31,34)(H,35,36)(H2,29,30,37). The summed E-state index contributed by atoms with van der Waals surface area (Å²) in [6.45, 7) is 0. The molecule has 0 aliphatic carbocycles. The molecule has 0 saturated heterocycles. The molecule has 0 aliphatic heterocycles. The quantitative estimate of drug-likeness (QED) is 0.221. The highest BCUT2D eigenvalue weighted by Crippen LogP contribution is 2.30. The number of anilines is 3. The van der Waals surface area contributed by atoms with Crippen LogP contribution in [0.3, 0.4) is 0 Å². The average Bonchev–Trinajstić information content (AvgIpc) is 2.88. The molecule has 0 aliphatic rings. The number of phenols is 1. The van der Waals surface area contributed by atoms with Gasteiger partial charge in [0, 0.05) is 29.9 Å². The molecule has 0 spiro atoms. The Balaban J connectivity index is 1.48. The van der Waals surface area contributed by atoms with E-state index in [1.165, 1.54) is 19.2 Å². The van der Waals surface area contributed by atoms with E-state index in [-0.39, 0.29) is 24.3 Å². The van der Waals surface area contributed by atoms with Crippen LogP contribution in [0.2, 0.25) is 0 Å². The van der Waals surface area contributed by atoms with E-state index in [0.717, 1.165) is 0 Å². The Morgan fingerprint density at radius 2 is 1.37 bits per heavy atom. The van der Waals surface area contributed by atoms with E-state index >= 15 is 0 Å². The Bertz CT molecular complexity index is 1280. The summed E-state index contributed by atoms with van der Waals surface area (Å²) in [4.78, 5) is 48.1. The molecule has 0 fully saturated rings. The number of carboxylic acids is 1. The second-order valence-electron chi connectivity index (χ2n) is 8.22. The van der Waals surface area contributed by atoms with Crippen molar-refractivity contribution in [3.05, 3.63) is 78.4 Å². The molecule has 3 aromatic carbocycles. The second-order valence-corrected chi connectivity index (χ2v) is 8.22. The van der Waals surface area contributed by atoms with Gasteiger partial charge in [0.25, 0.3) is 0 Å². The number of carboxylic acid groups (broad SMARTS) is 1. The number of rotatable bonds is 11. The molecule has 3 aromatic rings. The number of nitrogens with one attached hydrogen (secondary N) is 4. The first-order valence-corrected chi connectivity index (χ1v) is 11.6. The zero-order valence-corrected chi connectivity index (χ0v) is 20.6. The Labute approximate surface area is 218 Å². The molecule has 11 nitrogen and oxygen atoms in total. The van der Waals surface area contributed by atoms with Gasteiger partial charge in [-0.3, -0.25) is 14.4 Å². The molecule has 0 radical (unpaired) electrons. The van der Waals surface area contributed by atoms with Gasteiger partial charge in [0.2, 0.25) is 11.8 Å². The van der Waals surface area contributed by atoms with Gasteiger partial charge in [-0.25, -0.2) is 4.79 Å². The minimum atomic E-state index is -1.14. The highest BCUT2D eigenvalue weighted by atomic mass is 16.5. The predicted molar refractivity (Wildman–Crippen MR) is 141 cm³/mol. The third-order valence-corrected chi connectivity index (χ3v) is 5.36. The maximum Gasteiger partial charge on any atom is 0.323 e. The number of aliphatic carboxylic acids is 1. The van der Waals surface area contributed by atoms with Gasteiger partial charge in [0.1, 0.15) is 0 Å². The Morgan fingerprint density at radius 1 is 0.789 bits per heavy atom. The summed E-state index contributed by atoms with van der Waals surface area (Å²) in [6, 6.07) is 18.4. The van der Waals surface area contributed by atoms with Crippen molar-refractivity contribution in [3.8, 4) is 11.5 Å². The number of methoxy groups -OCH3 is 1. The number of amides is 4. The van der Waals surface area contributed by atoms with Crippen LogP contribution in [0.5, 0.6) is 11.5 Å². The Hall–Kier alpha value is -5.06. The Kier molecular flexibility index (Phi) is 9.64. The van der Waals surface area contributed by atoms with E-state index < -0.39 is 36.3 Å². The first kappa shape index (κ1) is 27.5. The molecule has 198 valence electrons. The van der Waals surface area contributed by atoms with Gasteiger partial charge >= 0.3 is 12.0 Å². The lowest BCUT2D eigenvalue weighted by Crippen LogP contribution is -2.30. The topological polar surface area (TPSA) is 166 Å². The SMILES string of the molecule is COc1ccc(C(CC(=O)O)NC(=O)CCC(=O)Nc2ccc(NC(=O)Nc3ccccc3)cc2)cc1O. The van der Waals surface area contributed by atoms with Gasteiger partial charge in [-0.2, -0.15) is 0 Å². The summed E-state index contributed by atoms with van der Waals surface area (Å²) in [5, 5.41) is 29.8. The summed E-state index contributed by atoms with van der Waals surface area (Å²) >= 11 is 0. The second kappa shape index (κ2) is 13.3. The lowest BCUT2D eigenvalue weighted by molar-refractivity contribution is -0.138. The van der Waals surface area contributed by atoms with Crippen LogP contribution >= 0.6 is 0 Å². The zero-order chi connectivity index (χ0) is 27.5. The lowest BCUT2D eigenvalue weighted by Gasteiger charge is -2.18. The number of hydrogen-bond acceptors (Lipinski definition) is 6. The van der Waals surface area contributed by atoms with E-state index in [1.54, 1.807) is 54.6 Å². The molecule has 0 saturated carbocycles. The predicted octanol–water partition coefficient (Wildman–Crippen LogP) is 4.10. The largest absolute Gasteiger partial charge is 0.504 e. The minimum Gasteiger partial charge on any atom is -0.504 e. The van der Waals surface area contributed by atoms with E-state index in [9.17, 15) is 29.4 Å². The van der Waals surface area contributed by atoms with Crippen molar-refractivity contribution in [1.82, 2.24) is 5.32 Å². The fourth-order valence-electron chi connectivity index (χ4n) is 3.52. The fraction of sp³-hybridized carbons (Fsp3) is 0.185. The molecule has 0 bridgehead atoms. The third-order valence-electron chi connectivity index (χ3n) is 5.36. The number of phenolic OH excluding ortho intramolecular Hbond substituents is 1. The number of aromatic hydroxyl groups is 1. The highest BCUT2D eigenvalue weighted by molar-refractivity contribution is 6.00. The number of ether oxygens (including phenoxy) is 1. The average molecular weight is 521 g/mol. The summed E-state index contributed by atoms with van der Waals surface area (Å²) in [7, 11) is 1.38. The molecule has 38 heavy (non-hydrogen) atoms. The minimum absolute atomic E-state index is 0.140. The van der Waals surface area contributed by atoms with Crippen LogP contribution in [-0.4, -0.2) is 41.1 Å². The molecule has 0 heterocycles. The molecule has 6 N–H and O–H groups in total. The van der Waals surface area contributed by atoms with Crippen molar-refractivity contribution in [3.63, 3.8) is 0 Å². The van der Waals surface area contributed by atoms with Crippen molar-refractivity contribution in [2.45, 2.75) is 25.3 Å². The van der Waals surface area contributed by atoms with Gasteiger partial charge in [-0.05, 0) is 54.1 Å². The summed E-state index contributed by atoms with van der Waals surface area (Å²) in [5.74, 6) is -2.05.